The van der Waals surface area contributed by atoms with Crippen molar-refractivity contribution in [1.29, 1.82) is 0 Å². The van der Waals surface area contributed by atoms with Crippen LogP contribution in [0.1, 0.15) is 43.3 Å². The molecule has 2 heterocycles. The molecule has 0 spiro atoms. The number of piperidine rings is 1. The number of nitrogens with one attached hydrogen (secondary N) is 1. The normalized spacial score (nSPS) is 19.4. The number of amides is 2. The van der Waals surface area contributed by atoms with Crippen molar-refractivity contribution in [3.8, 4) is 11.5 Å². The predicted molar refractivity (Wildman–Crippen MR) is 103 cm³/mol. The molecule has 1 saturated carbocycles. The molecule has 1 aromatic heterocycles. The summed E-state index contributed by atoms with van der Waals surface area (Å²) >= 11 is 0. The highest BCUT2D eigenvalue weighted by Gasteiger charge is 2.30. The first kappa shape index (κ1) is 18.6. The molecule has 1 N–H and O–H groups in total. The van der Waals surface area contributed by atoms with Crippen LogP contribution in [0.25, 0.3) is 0 Å². The molecule has 2 fully saturated rings. The average molecular weight is 386 g/mol. The molecular weight excluding hydrogens is 360 g/mol. The molecule has 150 valence electrons. The number of ether oxygens (including phenoxy) is 2. The Hall–Kier alpha value is -2.77. The topological polar surface area (TPSA) is 89.7 Å². The van der Waals surface area contributed by atoms with Gasteiger partial charge in [0.25, 0.3) is 0 Å². The number of hydrogen-bond acceptors (Lipinski definition) is 6. The van der Waals surface area contributed by atoms with Gasteiger partial charge in [-0.25, -0.2) is 4.79 Å². The first-order chi connectivity index (χ1) is 13.7. The van der Waals surface area contributed by atoms with Gasteiger partial charge in [0.15, 0.2) is 17.3 Å². The van der Waals surface area contributed by atoms with E-state index >= 15 is 0 Å². The van der Waals surface area contributed by atoms with Gasteiger partial charge in [0.2, 0.25) is 5.89 Å². The summed E-state index contributed by atoms with van der Waals surface area (Å²) in [6.07, 6.45) is 5.06. The Kier molecular flexibility index (Phi) is 5.36. The van der Waals surface area contributed by atoms with Gasteiger partial charge in [-0.1, -0.05) is 5.16 Å². The van der Waals surface area contributed by atoms with Crippen LogP contribution < -0.4 is 14.8 Å². The Morgan fingerprint density at radius 3 is 2.82 bits per heavy atom. The quantitative estimate of drug-likeness (QED) is 0.818. The number of carbonyl (C=O) groups is 1. The summed E-state index contributed by atoms with van der Waals surface area (Å²) in [4.78, 5) is 19.1. The predicted octanol–water partition coefficient (Wildman–Crippen LogP) is 3.45. The van der Waals surface area contributed by atoms with Crippen molar-refractivity contribution in [2.75, 3.05) is 32.6 Å². The highest BCUT2D eigenvalue weighted by Crippen LogP contribution is 2.38. The molecule has 2 aromatic rings. The van der Waals surface area contributed by atoms with Crippen LogP contribution in [-0.2, 0) is 6.42 Å². The number of methoxy groups -OCH3 is 2. The summed E-state index contributed by atoms with van der Waals surface area (Å²) in [5, 5.41) is 7.03. The highest BCUT2D eigenvalue weighted by atomic mass is 16.5. The molecule has 8 nitrogen and oxygen atoms in total. The van der Waals surface area contributed by atoms with Gasteiger partial charge in [0, 0.05) is 37.2 Å². The van der Waals surface area contributed by atoms with Crippen LogP contribution >= 0.6 is 0 Å². The number of benzene rings is 1. The average Bonchev–Trinajstić information content (AvgIpc) is 3.47. The zero-order valence-corrected chi connectivity index (χ0v) is 16.3. The third-order valence-corrected chi connectivity index (χ3v) is 5.33. The van der Waals surface area contributed by atoms with E-state index in [1.54, 1.807) is 32.4 Å². The second-order valence-corrected chi connectivity index (χ2v) is 7.48. The van der Waals surface area contributed by atoms with E-state index in [0.717, 1.165) is 44.5 Å². The number of rotatable bonds is 6. The number of nitrogens with zero attached hydrogens (tertiary/aromatic N) is 3. The number of aromatic nitrogens is 2. The summed E-state index contributed by atoms with van der Waals surface area (Å²) in [5.41, 5.74) is 0.677. The number of anilines is 1. The largest absolute Gasteiger partial charge is 0.493 e. The summed E-state index contributed by atoms with van der Waals surface area (Å²) in [6.45, 7) is 1.42. The van der Waals surface area contributed by atoms with E-state index in [4.69, 9.17) is 14.0 Å². The lowest BCUT2D eigenvalue weighted by Gasteiger charge is -2.32. The second kappa shape index (κ2) is 8.08. The van der Waals surface area contributed by atoms with Crippen molar-refractivity contribution in [3.05, 3.63) is 29.9 Å². The van der Waals surface area contributed by atoms with E-state index in [1.807, 2.05) is 4.90 Å². The van der Waals surface area contributed by atoms with Crippen LogP contribution in [0.3, 0.4) is 0 Å². The lowest BCUT2D eigenvalue weighted by atomic mass is 9.95. The van der Waals surface area contributed by atoms with E-state index in [9.17, 15) is 4.79 Å². The van der Waals surface area contributed by atoms with Crippen molar-refractivity contribution in [2.24, 2.45) is 5.92 Å². The molecule has 28 heavy (non-hydrogen) atoms. The van der Waals surface area contributed by atoms with E-state index in [0.29, 0.717) is 41.5 Å². The monoisotopic (exact) mass is 386 g/mol. The lowest BCUT2D eigenvalue weighted by Crippen LogP contribution is -2.42. The van der Waals surface area contributed by atoms with Gasteiger partial charge in [-0.3, -0.25) is 0 Å². The van der Waals surface area contributed by atoms with Gasteiger partial charge in [-0.2, -0.15) is 4.98 Å². The van der Waals surface area contributed by atoms with E-state index in [-0.39, 0.29) is 6.03 Å². The third-order valence-electron chi connectivity index (χ3n) is 5.33. The summed E-state index contributed by atoms with van der Waals surface area (Å²) in [6, 6.07) is 5.23. The van der Waals surface area contributed by atoms with E-state index in [1.165, 1.54) is 0 Å². The molecule has 8 heteroatoms. The Balaban J connectivity index is 1.34. The van der Waals surface area contributed by atoms with Crippen LogP contribution in [0.4, 0.5) is 10.5 Å². The molecule has 1 atom stereocenters. The molecule has 4 rings (SSSR count). The lowest BCUT2D eigenvalue weighted by molar-refractivity contribution is 0.173. The van der Waals surface area contributed by atoms with E-state index in [2.05, 4.69) is 15.5 Å². The van der Waals surface area contributed by atoms with Gasteiger partial charge in [0.1, 0.15) is 0 Å². The van der Waals surface area contributed by atoms with Crippen molar-refractivity contribution >= 4 is 11.7 Å². The smallest absolute Gasteiger partial charge is 0.321 e. The Morgan fingerprint density at radius 2 is 2.07 bits per heavy atom. The standard InChI is InChI=1S/C20H26N4O4/c1-26-16-8-7-15(11-17(16)27-2)21-20(25)24-9-3-4-13(12-24)10-18-22-19(23-28-18)14-5-6-14/h7-8,11,13-14H,3-6,9-10,12H2,1-2H3,(H,21,25). The molecule has 2 amide bonds. The second-order valence-electron chi connectivity index (χ2n) is 7.48. The number of urea groups is 1. The molecule has 1 unspecified atom stereocenters. The summed E-state index contributed by atoms with van der Waals surface area (Å²) in [5.74, 6) is 3.57. The van der Waals surface area contributed by atoms with Crippen molar-refractivity contribution in [1.82, 2.24) is 15.0 Å². The van der Waals surface area contributed by atoms with Gasteiger partial charge in [0.05, 0.1) is 14.2 Å². The van der Waals surface area contributed by atoms with Gasteiger partial charge < -0.3 is 24.2 Å². The van der Waals surface area contributed by atoms with Gasteiger partial charge in [-0.05, 0) is 43.7 Å². The third kappa shape index (κ3) is 4.21. The van der Waals surface area contributed by atoms with Crippen LogP contribution in [0.15, 0.2) is 22.7 Å². The van der Waals surface area contributed by atoms with Crippen LogP contribution in [0, 0.1) is 5.92 Å². The van der Waals surface area contributed by atoms with Crippen LogP contribution in [0.5, 0.6) is 11.5 Å². The number of carbonyl (C=O) groups excluding carboxylic acids is 1. The first-order valence-electron chi connectivity index (χ1n) is 9.76. The molecule has 0 radical (unpaired) electrons. The minimum absolute atomic E-state index is 0.110. The highest BCUT2D eigenvalue weighted by molar-refractivity contribution is 5.89. The minimum atomic E-state index is -0.110. The Bertz CT molecular complexity index is 833. The summed E-state index contributed by atoms with van der Waals surface area (Å²) in [7, 11) is 3.16. The number of likely N-dealkylation sites (tertiary alicyclic amines) is 1. The fourth-order valence-corrected chi connectivity index (χ4v) is 3.64. The molecule has 1 saturated heterocycles. The fraction of sp³-hybridized carbons (Fsp3) is 0.550. The van der Waals surface area contributed by atoms with E-state index < -0.39 is 0 Å². The fourth-order valence-electron chi connectivity index (χ4n) is 3.64. The maximum Gasteiger partial charge on any atom is 0.321 e. The van der Waals surface area contributed by atoms with Crippen molar-refractivity contribution in [2.45, 2.75) is 38.0 Å². The zero-order valence-electron chi connectivity index (χ0n) is 16.3. The molecular formula is C20H26N4O4. The molecule has 0 bridgehead atoms. The number of hydrogen-bond donors (Lipinski definition) is 1. The molecule has 1 aliphatic heterocycles. The molecule has 2 aliphatic rings. The Morgan fingerprint density at radius 1 is 1.25 bits per heavy atom. The van der Waals surface area contributed by atoms with Crippen molar-refractivity contribution < 1.29 is 18.8 Å². The minimum Gasteiger partial charge on any atom is -0.493 e. The van der Waals surface area contributed by atoms with Crippen LogP contribution in [0.2, 0.25) is 0 Å². The maximum atomic E-state index is 12.7. The first-order valence-corrected chi connectivity index (χ1v) is 9.76. The summed E-state index contributed by atoms with van der Waals surface area (Å²) < 4.78 is 15.9. The maximum absolute atomic E-state index is 12.7. The molecule has 1 aliphatic carbocycles. The van der Waals surface area contributed by atoms with Gasteiger partial charge in [-0.15, -0.1) is 0 Å². The molecule has 1 aromatic carbocycles. The SMILES string of the molecule is COc1ccc(NC(=O)N2CCCC(Cc3nc(C4CC4)no3)C2)cc1OC. The van der Waals surface area contributed by atoms with Crippen molar-refractivity contribution in [3.63, 3.8) is 0 Å². The Labute approximate surface area is 164 Å². The van der Waals surface area contributed by atoms with Crippen LogP contribution in [-0.4, -0.2) is 48.4 Å². The van der Waals surface area contributed by atoms with Gasteiger partial charge >= 0.3 is 6.03 Å². The zero-order chi connectivity index (χ0) is 19.5.